The second-order valence-electron chi connectivity index (χ2n) is 7.83. The highest BCUT2D eigenvalue weighted by Crippen LogP contribution is 2.44. The maximum atomic E-state index is 13.1. The van der Waals surface area contributed by atoms with E-state index in [9.17, 15) is 4.79 Å². The molecule has 0 saturated heterocycles. The zero-order chi connectivity index (χ0) is 16.6. The van der Waals surface area contributed by atoms with E-state index in [1.54, 1.807) is 0 Å². The average Bonchev–Trinajstić information content (AvgIpc) is 3.00. The summed E-state index contributed by atoms with van der Waals surface area (Å²) in [6.45, 7) is 2.12. The molecule has 1 saturated carbocycles. The van der Waals surface area contributed by atoms with E-state index in [0.717, 1.165) is 38.5 Å². The molecule has 24 heavy (non-hydrogen) atoms. The fraction of sp³-hybridized carbons (Fsp3) is 0.435. The van der Waals surface area contributed by atoms with Gasteiger partial charge < -0.3 is 0 Å². The molecule has 4 rings (SSSR count). The highest BCUT2D eigenvalue weighted by atomic mass is 16.1. The van der Waals surface area contributed by atoms with Crippen LogP contribution in [0.5, 0.6) is 0 Å². The van der Waals surface area contributed by atoms with Crippen molar-refractivity contribution in [2.45, 2.75) is 57.3 Å². The number of rotatable bonds is 3. The molecule has 1 heteroatoms. The van der Waals surface area contributed by atoms with E-state index in [1.807, 2.05) is 0 Å². The van der Waals surface area contributed by atoms with Gasteiger partial charge in [-0.25, -0.2) is 0 Å². The molecule has 0 aliphatic heterocycles. The van der Waals surface area contributed by atoms with E-state index in [-0.39, 0.29) is 5.41 Å². The minimum atomic E-state index is -0.237. The van der Waals surface area contributed by atoms with E-state index < -0.39 is 0 Å². The lowest BCUT2D eigenvalue weighted by molar-refractivity contribution is -0.127. The predicted octanol–water partition coefficient (Wildman–Crippen LogP) is 5.18. The van der Waals surface area contributed by atoms with Crippen LogP contribution in [0.15, 0.2) is 48.5 Å². The van der Waals surface area contributed by atoms with E-state index in [2.05, 4.69) is 55.5 Å². The van der Waals surface area contributed by atoms with Gasteiger partial charge in [-0.2, -0.15) is 0 Å². The quantitative estimate of drug-likeness (QED) is 0.762. The molecule has 2 aromatic carbocycles. The second kappa shape index (κ2) is 6.20. The van der Waals surface area contributed by atoms with Crippen LogP contribution in [0.3, 0.4) is 0 Å². The topological polar surface area (TPSA) is 17.1 Å². The van der Waals surface area contributed by atoms with Gasteiger partial charge in [-0.05, 0) is 61.6 Å². The molecular formula is C23H26O. The number of fused-ring (bicyclic) bond motifs is 1. The van der Waals surface area contributed by atoms with E-state index in [4.69, 9.17) is 0 Å². The molecule has 0 heterocycles. The molecule has 2 aromatic rings. The Morgan fingerprint density at radius 1 is 0.958 bits per heavy atom. The van der Waals surface area contributed by atoms with Crippen molar-refractivity contribution in [3.05, 3.63) is 70.8 Å². The van der Waals surface area contributed by atoms with E-state index in [1.165, 1.54) is 28.7 Å². The lowest BCUT2D eigenvalue weighted by Crippen LogP contribution is -2.40. The van der Waals surface area contributed by atoms with Crippen LogP contribution < -0.4 is 0 Å². The van der Waals surface area contributed by atoms with Crippen molar-refractivity contribution in [3.8, 4) is 0 Å². The number of carbonyl (C=O) groups is 1. The van der Waals surface area contributed by atoms with Gasteiger partial charge in [0.25, 0.3) is 0 Å². The lowest BCUT2D eigenvalue weighted by atomic mass is 9.64. The van der Waals surface area contributed by atoms with Crippen LogP contribution in [-0.2, 0) is 23.1 Å². The van der Waals surface area contributed by atoms with Crippen molar-refractivity contribution < 1.29 is 4.79 Å². The van der Waals surface area contributed by atoms with Crippen molar-refractivity contribution >= 4 is 5.78 Å². The van der Waals surface area contributed by atoms with Crippen LogP contribution in [0.4, 0.5) is 0 Å². The van der Waals surface area contributed by atoms with Crippen LogP contribution in [0.1, 0.15) is 54.4 Å². The summed E-state index contributed by atoms with van der Waals surface area (Å²) in [6, 6.07) is 17.6. The Balaban J connectivity index is 1.65. The van der Waals surface area contributed by atoms with Gasteiger partial charge in [-0.3, -0.25) is 4.79 Å². The number of aryl methyl sites for hydroxylation is 1. The number of benzene rings is 2. The molecule has 0 bridgehead atoms. The lowest BCUT2D eigenvalue weighted by Gasteiger charge is -2.38. The van der Waals surface area contributed by atoms with Crippen molar-refractivity contribution in [1.29, 1.82) is 0 Å². The molecule has 1 unspecified atom stereocenters. The minimum absolute atomic E-state index is 0.237. The Bertz CT molecular complexity index is 718. The van der Waals surface area contributed by atoms with Gasteiger partial charge in [0, 0.05) is 6.42 Å². The van der Waals surface area contributed by atoms with Crippen molar-refractivity contribution in [2.24, 2.45) is 5.92 Å². The molecule has 1 atom stereocenters. The summed E-state index contributed by atoms with van der Waals surface area (Å²) >= 11 is 0. The summed E-state index contributed by atoms with van der Waals surface area (Å²) in [6.07, 6.45) is 7.32. The Hall–Kier alpha value is -1.89. The maximum absolute atomic E-state index is 13.1. The summed E-state index contributed by atoms with van der Waals surface area (Å²) in [4.78, 5) is 13.1. The first-order chi connectivity index (χ1) is 11.7. The Kier molecular flexibility index (Phi) is 4.04. The van der Waals surface area contributed by atoms with Gasteiger partial charge in [-0.15, -0.1) is 0 Å². The summed E-state index contributed by atoms with van der Waals surface area (Å²) < 4.78 is 0. The molecule has 2 aliphatic rings. The third kappa shape index (κ3) is 2.70. The molecule has 0 aromatic heterocycles. The summed E-state index contributed by atoms with van der Waals surface area (Å²) in [7, 11) is 0. The zero-order valence-electron chi connectivity index (χ0n) is 14.6. The third-order valence-electron chi connectivity index (χ3n) is 6.17. The third-order valence-corrected chi connectivity index (χ3v) is 6.17. The predicted molar refractivity (Wildman–Crippen MR) is 98.3 cm³/mol. The summed E-state index contributed by atoms with van der Waals surface area (Å²) in [5, 5.41) is 0. The number of hydrogen-bond donors (Lipinski definition) is 0. The smallest absolute Gasteiger partial charge is 0.143 e. The Morgan fingerprint density at radius 2 is 1.62 bits per heavy atom. The molecule has 1 fully saturated rings. The van der Waals surface area contributed by atoms with E-state index in [0.29, 0.717) is 11.7 Å². The first-order valence-corrected chi connectivity index (χ1v) is 9.35. The number of hydrogen-bond acceptors (Lipinski definition) is 1. The Labute approximate surface area is 145 Å². The molecular weight excluding hydrogens is 292 g/mol. The highest BCUT2D eigenvalue weighted by Gasteiger charge is 2.43. The van der Waals surface area contributed by atoms with Crippen molar-refractivity contribution in [1.82, 2.24) is 0 Å². The monoisotopic (exact) mass is 318 g/mol. The first-order valence-electron chi connectivity index (χ1n) is 9.35. The van der Waals surface area contributed by atoms with Crippen LogP contribution >= 0.6 is 0 Å². The first kappa shape index (κ1) is 15.6. The van der Waals surface area contributed by atoms with E-state index >= 15 is 0 Å². The van der Waals surface area contributed by atoms with Gasteiger partial charge in [0.15, 0.2) is 0 Å². The maximum Gasteiger partial charge on any atom is 0.143 e. The summed E-state index contributed by atoms with van der Waals surface area (Å²) in [5.74, 6) is 1.08. The van der Waals surface area contributed by atoms with Crippen molar-refractivity contribution in [3.63, 3.8) is 0 Å². The van der Waals surface area contributed by atoms with Crippen molar-refractivity contribution in [2.75, 3.05) is 0 Å². The van der Waals surface area contributed by atoms with Gasteiger partial charge in [0.2, 0.25) is 0 Å². The van der Waals surface area contributed by atoms with Crippen LogP contribution in [0, 0.1) is 12.8 Å². The zero-order valence-corrected chi connectivity index (χ0v) is 14.6. The molecule has 2 aliphatic carbocycles. The molecule has 124 valence electrons. The van der Waals surface area contributed by atoms with Crippen LogP contribution in [-0.4, -0.2) is 5.78 Å². The standard InChI is InChI=1S/C23H26O/c1-17-9-11-21(12-10-17)23(13-5-4-8-22(23)24)16-18-14-19-6-2-3-7-20(19)15-18/h2-3,6-7,9-12,18H,4-5,8,13-16H2,1H3. The molecule has 0 radical (unpaired) electrons. The molecule has 1 nitrogen and oxygen atoms in total. The second-order valence-corrected chi connectivity index (χ2v) is 7.83. The SMILES string of the molecule is Cc1ccc(C2(CC3Cc4ccccc4C3)CCCCC2=O)cc1. The number of ketones is 1. The normalized spacial score (nSPS) is 24.1. The Morgan fingerprint density at radius 3 is 2.25 bits per heavy atom. The largest absolute Gasteiger partial charge is 0.299 e. The number of carbonyl (C=O) groups excluding carboxylic acids is 1. The fourth-order valence-corrected chi connectivity index (χ4v) is 4.89. The van der Waals surface area contributed by atoms with Gasteiger partial charge in [-0.1, -0.05) is 60.5 Å². The molecule has 0 amide bonds. The fourth-order valence-electron chi connectivity index (χ4n) is 4.89. The minimum Gasteiger partial charge on any atom is -0.299 e. The number of Topliss-reactive ketones (excluding diaryl/α,β-unsaturated/α-hetero) is 1. The van der Waals surface area contributed by atoms with Gasteiger partial charge in [0.1, 0.15) is 5.78 Å². The molecule has 0 spiro atoms. The van der Waals surface area contributed by atoms with Crippen LogP contribution in [0.25, 0.3) is 0 Å². The van der Waals surface area contributed by atoms with Crippen LogP contribution in [0.2, 0.25) is 0 Å². The average molecular weight is 318 g/mol. The van der Waals surface area contributed by atoms with Gasteiger partial charge >= 0.3 is 0 Å². The molecule has 0 N–H and O–H groups in total. The highest BCUT2D eigenvalue weighted by molar-refractivity contribution is 5.90. The van der Waals surface area contributed by atoms with Gasteiger partial charge in [0.05, 0.1) is 5.41 Å². The summed E-state index contributed by atoms with van der Waals surface area (Å²) in [5.41, 5.74) is 5.27.